The van der Waals surface area contributed by atoms with Crippen LogP contribution in [0.2, 0.25) is 0 Å². The second-order valence-electron chi connectivity index (χ2n) is 4.09. The molecule has 17 heavy (non-hydrogen) atoms. The van der Waals surface area contributed by atoms with Gasteiger partial charge in [-0.15, -0.1) is 0 Å². The first-order valence-electron chi connectivity index (χ1n) is 6.14. The second-order valence-corrected chi connectivity index (χ2v) is 4.98. The molecule has 2 N–H and O–H groups in total. The fourth-order valence-electron chi connectivity index (χ4n) is 1.56. The lowest BCUT2D eigenvalue weighted by Crippen LogP contribution is -2.24. The average Bonchev–Trinajstić information content (AvgIpc) is 2.26. The third-order valence-electron chi connectivity index (χ3n) is 2.50. The van der Waals surface area contributed by atoms with E-state index < -0.39 is 6.10 Å². The molecule has 0 aliphatic carbocycles. The van der Waals surface area contributed by atoms with Crippen molar-refractivity contribution >= 4 is 34.5 Å². The zero-order valence-corrected chi connectivity index (χ0v) is 12.0. The number of unbranched alkanes of at least 4 members (excludes halogenated alkanes) is 5. The van der Waals surface area contributed by atoms with Crippen LogP contribution >= 0.6 is 24.4 Å². The van der Waals surface area contributed by atoms with Crippen LogP contribution in [0.25, 0.3) is 0 Å². The summed E-state index contributed by atoms with van der Waals surface area (Å²) < 4.78 is 5.21. The van der Waals surface area contributed by atoms with Gasteiger partial charge >= 0.3 is 0 Å². The van der Waals surface area contributed by atoms with E-state index in [1.165, 1.54) is 25.7 Å². The summed E-state index contributed by atoms with van der Waals surface area (Å²) in [5.41, 5.74) is 0. The van der Waals surface area contributed by atoms with Gasteiger partial charge in [-0.05, 0) is 30.9 Å². The lowest BCUT2D eigenvalue weighted by Gasteiger charge is -2.14. The Balaban J connectivity index is 3.63. The van der Waals surface area contributed by atoms with Crippen molar-refractivity contribution < 1.29 is 14.9 Å². The summed E-state index contributed by atoms with van der Waals surface area (Å²) in [6.45, 7) is 2.14. The van der Waals surface area contributed by atoms with Crippen molar-refractivity contribution in [1.82, 2.24) is 0 Å². The minimum absolute atomic E-state index is 0.0451. The Kier molecular flexibility index (Phi) is 10.7. The van der Waals surface area contributed by atoms with Crippen LogP contribution < -0.4 is 0 Å². The van der Waals surface area contributed by atoms with Crippen LogP contribution in [0.3, 0.4) is 0 Å². The molecule has 0 heterocycles. The third-order valence-corrected chi connectivity index (χ3v) is 2.88. The normalized spacial score (nSPS) is 12.3. The molecule has 100 valence electrons. The maximum Gasteiger partial charge on any atom is 0.186 e. The van der Waals surface area contributed by atoms with Crippen molar-refractivity contribution in [3.8, 4) is 0 Å². The molecular weight excluding hydrogens is 256 g/mol. The summed E-state index contributed by atoms with van der Waals surface area (Å²) in [6, 6.07) is 0. The van der Waals surface area contributed by atoms with Crippen molar-refractivity contribution in [3.05, 3.63) is 0 Å². The van der Waals surface area contributed by atoms with Gasteiger partial charge in [0.15, 0.2) is 10.1 Å². The summed E-state index contributed by atoms with van der Waals surface area (Å²) in [4.78, 5) is 0. The Bertz CT molecular complexity index is 232. The van der Waals surface area contributed by atoms with E-state index in [9.17, 15) is 5.11 Å². The molecule has 0 radical (unpaired) electrons. The van der Waals surface area contributed by atoms with Crippen LogP contribution in [0.15, 0.2) is 0 Å². The van der Waals surface area contributed by atoms with Gasteiger partial charge in [0.05, 0.1) is 0 Å². The van der Waals surface area contributed by atoms with Gasteiger partial charge in [-0.2, -0.15) is 0 Å². The molecule has 0 saturated heterocycles. The minimum atomic E-state index is -0.485. The highest BCUT2D eigenvalue weighted by Gasteiger charge is 2.14. The van der Waals surface area contributed by atoms with Gasteiger partial charge in [-0.3, -0.25) is 0 Å². The molecule has 0 aliphatic heterocycles. The van der Waals surface area contributed by atoms with Crippen LogP contribution in [-0.4, -0.2) is 33.0 Å². The molecule has 0 amide bonds. The van der Waals surface area contributed by atoms with Crippen molar-refractivity contribution in [2.45, 2.75) is 58.0 Å². The zero-order valence-electron chi connectivity index (χ0n) is 10.4. The Labute approximate surface area is 114 Å². The molecule has 3 nitrogen and oxygen atoms in total. The van der Waals surface area contributed by atoms with Crippen molar-refractivity contribution in [2.75, 3.05) is 6.61 Å². The number of thiocarbonyl (C=S) groups is 2. The molecule has 0 aromatic heterocycles. The van der Waals surface area contributed by atoms with Crippen molar-refractivity contribution in [2.24, 2.45) is 0 Å². The third kappa shape index (κ3) is 10.6. The SMILES string of the molecule is CCCCCCCCC(OCC(O)=S)C(O)=S. The van der Waals surface area contributed by atoms with Crippen LogP contribution in [0.4, 0.5) is 0 Å². The topological polar surface area (TPSA) is 49.7 Å². The molecule has 0 aromatic rings. The van der Waals surface area contributed by atoms with Gasteiger partial charge in [-0.25, -0.2) is 0 Å². The van der Waals surface area contributed by atoms with Crippen molar-refractivity contribution in [3.63, 3.8) is 0 Å². The Hall–Kier alpha value is -0.260. The number of rotatable bonds is 11. The van der Waals surface area contributed by atoms with E-state index in [1.807, 2.05) is 0 Å². The zero-order chi connectivity index (χ0) is 13.1. The molecule has 0 aliphatic rings. The van der Waals surface area contributed by atoms with Crippen LogP contribution in [0.5, 0.6) is 0 Å². The van der Waals surface area contributed by atoms with E-state index in [2.05, 4.69) is 19.1 Å². The molecule has 0 fully saturated rings. The predicted molar refractivity (Wildman–Crippen MR) is 78.2 cm³/mol. The number of hydrogen-bond acceptors (Lipinski definition) is 3. The van der Waals surface area contributed by atoms with Gasteiger partial charge < -0.3 is 14.9 Å². The highest BCUT2D eigenvalue weighted by Crippen LogP contribution is 2.11. The molecule has 0 aromatic carbocycles. The molecule has 1 atom stereocenters. The molecule has 0 bridgehead atoms. The fourth-order valence-corrected chi connectivity index (χ4v) is 1.81. The van der Waals surface area contributed by atoms with Gasteiger partial charge in [0.1, 0.15) is 12.7 Å². The Morgan fingerprint density at radius 1 is 1.06 bits per heavy atom. The number of aliphatic hydroxyl groups excluding tert-OH is 2. The Morgan fingerprint density at radius 2 is 1.65 bits per heavy atom. The van der Waals surface area contributed by atoms with Gasteiger partial charge in [-0.1, -0.05) is 45.4 Å². The van der Waals surface area contributed by atoms with E-state index in [0.717, 1.165) is 12.8 Å². The summed E-state index contributed by atoms with van der Waals surface area (Å²) in [5.74, 6) is 0. The fraction of sp³-hybridized carbons (Fsp3) is 0.833. The average molecular weight is 278 g/mol. The monoisotopic (exact) mass is 278 g/mol. The first-order valence-corrected chi connectivity index (χ1v) is 6.95. The quantitative estimate of drug-likeness (QED) is 0.443. The predicted octanol–water partition coefficient (Wildman–Crippen LogP) is 3.89. The summed E-state index contributed by atoms with van der Waals surface area (Å²) in [5, 5.41) is 17.7. The van der Waals surface area contributed by atoms with E-state index in [0.29, 0.717) is 6.42 Å². The molecule has 0 spiro atoms. The maximum absolute atomic E-state index is 9.25. The summed E-state index contributed by atoms with van der Waals surface area (Å²) >= 11 is 9.18. The molecule has 1 unspecified atom stereocenters. The first-order chi connectivity index (χ1) is 8.07. The number of ether oxygens (including phenoxy) is 1. The second kappa shape index (κ2) is 10.9. The van der Waals surface area contributed by atoms with Crippen molar-refractivity contribution in [1.29, 1.82) is 0 Å². The highest BCUT2D eigenvalue weighted by molar-refractivity contribution is 7.80. The number of aliphatic hydroxyl groups is 2. The van der Waals surface area contributed by atoms with E-state index in [-0.39, 0.29) is 16.7 Å². The summed E-state index contributed by atoms with van der Waals surface area (Å²) in [7, 11) is 0. The number of hydrogen-bond donors (Lipinski definition) is 2. The molecule has 0 rings (SSSR count). The standard InChI is InChI=1S/C12H22O3S2/c1-2-3-4-5-6-7-8-10(12(14)17)15-9-11(13)16/h10H,2-9H2,1H3,(H,13,16)(H,14,17). The minimum Gasteiger partial charge on any atom is -0.500 e. The largest absolute Gasteiger partial charge is 0.500 e. The first kappa shape index (κ1) is 16.7. The van der Waals surface area contributed by atoms with E-state index >= 15 is 0 Å². The lowest BCUT2D eigenvalue weighted by molar-refractivity contribution is 0.105. The molecule has 5 heteroatoms. The smallest absolute Gasteiger partial charge is 0.186 e. The molecule has 0 saturated carbocycles. The van der Waals surface area contributed by atoms with Crippen LogP contribution in [0.1, 0.15) is 51.9 Å². The Morgan fingerprint density at radius 3 is 2.18 bits per heavy atom. The van der Waals surface area contributed by atoms with Crippen LogP contribution in [0, 0.1) is 0 Å². The van der Waals surface area contributed by atoms with Gasteiger partial charge in [0, 0.05) is 0 Å². The van der Waals surface area contributed by atoms with E-state index in [1.54, 1.807) is 0 Å². The lowest BCUT2D eigenvalue weighted by atomic mass is 10.1. The maximum atomic E-state index is 9.25. The highest BCUT2D eigenvalue weighted by atomic mass is 32.1. The van der Waals surface area contributed by atoms with E-state index in [4.69, 9.17) is 22.1 Å². The van der Waals surface area contributed by atoms with Crippen LogP contribution in [-0.2, 0) is 4.74 Å². The van der Waals surface area contributed by atoms with Gasteiger partial charge in [0.2, 0.25) is 0 Å². The molecular formula is C12H22O3S2. The summed E-state index contributed by atoms with van der Waals surface area (Å²) in [6.07, 6.45) is 7.26. The van der Waals surface area contributed by atoms with Gasteiger partial charge in [0.25, 0.3) is 0 Å².